The predicted octanol–water partition coefficient (Wildman–Crippen LogP) is 2.26. The highest BCUT2D eigenvalue weighted by Gasteiger charge is 2.29. The third-order valence-electron chi connectivity index (χ3n) is 4.08. The average Bonchev–Trinajstić information content (AvgIpc) is 3.38. The standard InChI is InChI=1S/C18H16N6O2/c25-17(12-4-5-12)20-14-6-8-15(9-7-14)21-18(26)13-2-1-3-16(10-13)24-11-19-22-23-24/h1-3,6-12H,4-5H2,(H,20,25)(H,21,26). The van der Waals surface area contributed by atoms with Crippen molar-refractivity contribution in [1.82, 2.24) is 20.2 Å². The summed E-state index contributed by atoms with van der Waals surface area (Å²) in [5, 5.41) is 16.7. The van der Waals surface area contributed by atoms with Crippen LogP contribution in [0.3, 0.4) is 0 Å². The van der Waals surface area contributed by atoms with Gasteiger partial charge in [0, 0.05) is 22.9 Å². The lowest BCUT2D eigenvalue weighted by Crippen LogP contribution is -2.14. The van der Waals surface area contributed by atoms with Crippen LogP contribution in [0.25, 0.3) is 5.69 Å². The molecule has 2 N–H and O–H groups in total. The zero-order valence-electron chi connectivity index (χ0n) is 13.8. The Hall–Kier alpha value is -3.55. The van der Waals surface area contributed by atoms with Gasteiger partial charge < -0.3 is 10.6 Å². The summed E-state index contributed by atoms with van der Waals surface area (Å²) in [6.07, 6.45) is 3.39. The summed E-state index contributed by atoms with van der Waals surface area (Å²) >= 11 is 0. The van der Waals surface area contributed by atoms with E-state index >= 15 is 0 Å². The summed E-state index contributed by atoms with van der Waals surface area (Å²) in [6.45, 7) is 0. The fourth-order valence-corrected chi connectivity index (χ4v) is 2.50. The number of carbonyl (C=O) groups is 2. The predicted molar refractivity (Wildman–Crippen MR) is 94.9 cm³/mol. The number of hydrogen-bond acceptors (Lipinski definition) is 5. The highest BCUT2D eigenvalue weighted by Crippen LogP contribution is 2.30. The van der Waals surface area contributed by atoms with E-state index in [2.05, 4.69) is 26.2 Å². The van der Waals surface area contributed by atoms with Gasteiger partial charge in [-0.15, -0.1) is 5.10 Å². The zero-order chi connectivity index (χ0) is 17.9. The van der Waals surface area contributed by atoms with Crippen molar-refractivity contribution < 1.29 is 9.59 Å². The van der Waals surface area contributed by atoms with Crippen molar-refractivity contribution in [3.63, 3.8) is 0 Å². The molecule has 4 rings (SSSR count). The Morgan fingerprint density at radius 3 is 2.38 bits per heavy atom. The molecule has 0 unspecified atom stereocenters. The maximum Gasteiger partial charge on any atom is 0.255 e. The lowest BCUT2D eigenvalue weighted by Gasteiger charge is -2.08. The van der Waals surface area contributed by atoms with E-state index in [9.17, 15) is 9.59 Å². The van der Waals surface area contributed by atoms with Crippen LogP contribution in [0, 0.1) is 5.92 Å². The largest absolute Gasteiger partial charge is 0.326 e. The minimum absolute atomic E-state index is 0.0567. The van der Waals surface area contributed by atoms with Crippen LogP contribution in [0.15, 0.2) is 54.9 Å². The van der Waals surface area contributed by atoms with Crippen LogP contribution < -0.4 is 10.6 Å². The summed E-state index contributed by atoms with van der Waals surface area (Å²) in [7, 11) is 0. The number of tetrazole rings is 1. The first-order chi connectivity index (χ1) is 12.7. The van der Waals surface area contributed by atoms with Gasteiger partial charge in [0.2, 0.25) is 5.91 Å². The van der Waals surface area contributed by atoms with Crippen molar-refractivity contribution >= 4 is 23.2 Å². The molecule has 0 aliphatic heterocycles. The number of nitrogens with zero attached hydrogens (tertiary/aromatic N) is 4. The van der Waals surface area contributed by atoms with Gasteiger partial charge in [-0.3, -0.25) is 9.59 Å². The molecule has 0 radical (unpaired) electrons. The summed E-state index contributed by atoms with van der Waals surface area (Å²) in [5.41, 5.74) is 2.55. The fraction of sp³-hybridized carbons (Fsp3) is 0.167. The number of hydrogen-bond donors (Lipinski definition) is 2. The van der Waals surface area contributed by atoms with Crippen molar-refractivity contribution in [3.8, 4) is 5.69 Å². The van der Waals surface area contributed by atoms with Gasteiger partial charge in [0.1, 0.15) is 6.33 Å². The van der Waals surface area contributed by atoms with E-state index < -0.39 is 0 Å². The third-order valence-corrected chi connectivity index (χ3v) is 4.08. The van der Waals surface area contributed by atoms with Crippen LogP contribution in [-0.4, -0.2) is 32.0 Å². The number of nitrogens with one attached hydrogen (secondary N) is 2. The van der Waals surface area contributed by atoms with Crippen molar-refractivity contribution in [2.45, 2.75) is 12.8 Å². The van der Waals surface area contributed by atoms with Gasteiger partial charge in [-0.1, -0.05) is 6.07 Å². The van der Waals surface area contributed by atoms with Gasteiger partial charge >= 0.3 is 0 Å². The Morgan fingerprint density at radius 1 is 1.00 bits per heavy atom. The van der Waals surface area contributed by atoms with E-state index in [0.29, 0.717) is 16.9 Å². The third kappa shape index (κ3) is 3.59. The number of anilines is 2. The molecule has 8 nitrogen and oxygen atoms in total. The molecule has 8 heteroatoms. The first-order valence-corrected chi connectivity index (χ1v) is 8.25. The Kier molecular flexibility index (Phi) is 4.14. The van der Waals surface area contributed by atoms with E-state index in [-0.39, 0.29) is 17.7 Å². The van der Waals surface area contributed by atoms with Gasteiger partial charge in [-0.05, 0) is 65.7 Å². The van der Waals surface area contributed by atoms with Crippen molar-refractivity contribution in [2.75, 3.05) is 10.6 Å². The van der Waals surface area contributed by atoms with Crippen LogP contribution in [0.4, 0.5) is 11.4 Å². The van der Waals surface area contributed by atoms with E-state index in [1.54, 1.807) is 42.5 Å². The molecule has 1 aromatic heterocycles. The summed E-state index contributed by atoms with van der Waals surface area (Å²) in [6, 6.07) is 14.0. The first-order valence-electron chi connectivity index (χ1n) is 8.25. The van der Waals surface area contributed by atoms with Crippen LogP contribution >= 0.6 is 0 Å². The van der Waals surface area contributed by atoms with Gasteiger partial charge in [0.05, 0.1) is 5.69 Å². The normalized spacial score (nSPS) is 13.2. The van der Waals surface area contributed by atoms with E-state index in [0.717, 1.165) is 18.5 Å². The Bertz CT molecular complexity index is 933. The van der Waals surface area contributed by atoms with Crippen molar-refractivity contribution in [2.24, 2.45) is 5.92 Å². The van der Waals surface area contributed by atoms with E-state index in [1.807, 2.05) is 6.07 Å². The molecule has 0 saturated heterocycles. The smallest absolute Gasteiger partial charge is 0.255 e. The van der Waals surface area contributed by atoms with Gasteiger partial charge in [0.25, 0.3) is 5.91 Å². The highest BCUT2D eigenvalue weighted by molar-refractivity contribution is 6.04. The Balaban J connectivity index is 1.43. The number of rotatable bonds is 5. The second-order valence-corrected chi connectivity index (χ2v) is 6.10. The summed E-state index contributed by atoms with van der Waals surface area (Å²) < 4.78 is 1.48. The topological polar surface area (TPSA) is 102 Å². The molecule has 0 bridgehead atoms. The summed E-state index contributed by atoms with van der Waals surface area (Å²) in [4.78, 5) is 24.2. The van der Waals surface area contributed by atoms with Crippen LogP contribution in [0.2, 0.25) is 0 Å². The molecule has 1 aliphatic rings. The maximum absolute atomic E-state index is 12.5. The number of carbonyl (C=O) groups excluding carboxylic acids is 2. The SMILES string of the molecule is O=C(Nc1ccc(NC(=O)C2CC2)cc1)c1cccc(-n2cnnn2)c1. The Morgan fingerprint density at radius 2 is 1.73 bits per heavy atom. The molecule has 1 fully saturated rings. The molecule has 1 saturated carbocycles. The van der Waals surface area contributed by atoms with Crippen molar-refractivity contribution in [3.05, 3.63) is 60.4 Å². The monoisotopic (exact) mass is 348 g/mol. The molecular weight excluding hydrogens is 332 g/mol. The average molecular weight is 348 g/mol. The molecule has 2 amide bonds. The lowest BCUT2D eigenvalue weighted by molar-refractivity contribution is -0.117. The maximum atomic E-state index is 12.5. The van der Waals surface area contributed by atoms with Crippen molar-refractivity contribution in [1.29, 1.82) is 0 Å². The fourth-order valence-electron chi connectivity index (χ4n) is 2.50. The van der Waals surface area contributed by atoms with Gasteiger partial charge in [0.15, 0.2) is 0 Å². The highest BCUT2D eigenvalue weighted by atomic mass is 16.2. The molecule has 3 aromatic rings. The van der Waals surface area contributed by atoms with Gasteiger partial charge in [-0.2, -0.15) is 0 Å². The number of benzene rings is 2. The molecule has 0 atom stereocenters. The molecule has 0 spiro atoms. The Labute approximate surface area is 149 Å². The minimum Gasteiger partial charge on any atom is -0.326 e. The van der Waals surface area contributed by atoms with Gasteiger partial charge in [-0.25, -0.2) is 4.68 Å². The lowest BCUT2D eigenvalue weighted by atomic mass is 10.2. The molecule has 130 valence electrons. The zero-order valence-corrected chi connectivity index (χ0v) is 13.8. The first kappa shape index (κ1) is 15.9. The van der Waals surface area contributed by atoms with E-state index in [1.165, 1.54) is 11.0 Å². The second-order valence-electron chi connectivity index (χ2n) is 6.10. The molecule has 26 heavy (non-hydrogen) atoms. The molecule has 2 aromatic carbocycles. The van der Waals surface area contributed by atoms with Crippen LogP contribution in [0.1, 0.15) is 23.2 Å². The van der Waals surface area contributed by atoms with Crippen LogP contribution in [0.5, 0.6) is 0 Å². The molecular formula is C18H16N6O2. The molecule has 1 heterocycles. The van der Waals surface area contributed by atoms with E-state index in [4.69, 9.17) is 0 Å². The molecule has 1 aliphatic carbocycles. The quantitative estimate of drug-likeness (QED) is 0.736. The second kappa shape index (κ2) is 6.75. The number of aromatic nitrogens is 4. The van der Waals surface area contributed by atoms with Crippen LogP contribution in [-0.2, 0) is 4.79 Å². The summed E-state index contributed by atoms with van der Waals surface area (Å²) in [5.74, 6) is -0.0299. The minimum atomic E-state index is -0.241. The number of amides is 2.